The molecule has 1 fully saturated rings. The van der Waals surface area contributed by atoms with E-state index in [9.17, 15) is 9.90 Å². The molecule has 0 aromatic carbocycles. The summed E-state index contributed by atoms with van der Waals surface area (Å²) in [6.07, 6.45) is 2.07. The molecule has 0 bridgehead atoms. The lowest BCUT2D eigenvalue weighted by Crippen LogP contribution is -2.51. The molecule has 0 aromatic heterocycles. The Morgan fingerprint density at radius 3 is 2.38 bits per heavy atom. The summed E-state index contributed by atoms with van der Waals surface area (Å²) in [4.78, 5) is 14.1. The SMILES string of the molecule is CCC(C)(CN)C(=O)N1CCC(C)(O)CC1. The van der Waals surface area contributed by atoms with Crippen LogP contribution in [0.3, 0.4) is 0 Å². The second kappa shape index (κ2) is 4.72. The highest BCUT2D eigenvalue weighted by Crippen LogP contribution is 2.27. The number of nitrogens with two attached hydrogens (primary N) is 1. The quantitative estimate of drug-likeness (QED) is 0.748. The monoisotopic (exact) mass is 228 g/mol. The fourth-order valence-electron chi connectivity index (χ4n) is 1.96. The van der Waals surface area contributed by atoms with Crippen LogP contribution >= 0.6 is 0 Å². The van der Waals surface area contributed by atoms with E-state index < -0.39 is 11.0 Å². The van der Waals surface area contributed by atoms with Crippen LogP contribution in [0, 0.1) is 5.41 Å². The van der Waals surface area contributed by atoms with E-state index in [1.54, 1.807) is 0 Å². The summed E-state index contributed by atoms with van der Waals surface area (Å²) < 4.78 is 0. The summed E-state index contributed by atoms with van der Waals surface area (Å²) in [6, 6.07) is 0. The van der Waals surface area contributed by atoms with Gasteiger partial charge in [0.25, 0.3) is 0 Å². The first-order valence-electron chi connectivity index (χ1n) is 6.06. The number of aliphatic hydroxyl groups is 1. The standard InChI is InChI=1S/C12H24N2O2/c1-4-11(2,9-13)10(15)14-7-5-12(3,16)6-8-14/h16H,4-9,13H2,1-3H3. The van der Waals surface area contributed by atoms with Crippen LogP contribution in [0.4, 0.5) is 0 Å². The Morgan fingerprint density at radius 2 is 2.00 bits per heavy atom. The molecule has 1 aliphatic heterocycles. The lowest BCUT2D eigenvalue weighted by atomic mass is 9.84. The number of hydrogen-bond donors (Lipinski definition) is 2. The topological polar surface area (TPSA) is 66.6 Å². The maximum Gasteiger partial charge on any atom is 0.229 e. The van der Waals surface area contributed by atoms with Crippen molar-refractivity contribution in [1.82, 2.24) is 4.90 Å². The van der Waals surface area contributed by atoms with Crippen LogP contribution in [0.2, 0.25) is 0 Å². The van der Waals surface area contributed by atoms with Crippen molar-refractivity contribution in [3.63, 3.8) is 0 Å². The summed E-state index contributed by atoms with van der Waals surface area (Å²) in [6.45, 7) is 7.40. The largest absolute Gasteiger partial charge is 0.390 e. The predicted octanol–water partition coefficient (Wildman–Crippen LogP) is 0.735. The minimum Gasteiger partial charge on any atom is -0.390 e. The van der Waals surface area contributed by atoms with Gasteiger partial charge >= 0.3 is 0 Å². The number of hydrogen-bond acceptors (Lipinski definition) is 3. The minimum absolute atomic E-state index is 0.132. The average Bonchev–Trinajstić information content (AvgIpc) is 2.27. The van der Waals surface area contributed by atoms with Crippen molar-refractivity contribution in [3.05, 3.63) is 0 Å². The van der Waals surface area contributed by atoms with Gasteiger partial charge in [0.1, 0.15) is 0 Å². The first kappa shape index (κ1) is 13.5. The lowest BCUT2D eigenvalue weighted by molar-refractivity contribution is -0.144. The van der Waals surface area contributed by atoms with Gasteiger partial charge in [0.2, 0.25) is 5.91 Å². The van der Waals surface area contributed by atoms with Crippen LogP contribution in [0.25, 0.3) is 0 Å². The third-order valence-electron chi connectivity index (χ3n) is 3.87. The number of rotatable bonds is 3. The Kier molecular flexibility index (Phi) is 3.97. The molecule has 0 aliphatic carbocycles. The van der Waals surface area contributed by atoms with Gasteiger partial charge < -0.3 is 15.7 Å². The molecule has 1 saturated heterocycles. The third-order valence-corrected chi connectivity index (χ3v) is 3.87. The number of amides is 1. The Morgan fingerprint density at radius 1 is 1.50 bits per heavy atom. The van der Waals surface area contributed by atoms with Crippen LogP contribution < -0.4 is 5.73 Å². The number of likely N-dealkylation sites (tertiary alicyclic amines) is 1. The molecule has 0 spiro atoms. The zero-order valence-corrected chi connectivity index (χ0v) is 10.6. The summed E-state index contributed by atoms with van der Waals surface area (Å²) in [5, 5.41) is 9.83. The van der Waals surface area contributed by atoms with E-state index in [1.165, 1.54) is 0 Å². The molecule has 1 heterocycles. The lowest BCUT2D eigenvalue weighted by Gasteiger charge is -2.40. The second-order valence-corrected chi connectivity index (χ2v) is 5.41. The summed E-state index contributed by atoms with van der Waals surface area (Å²) >= 11 is 0. The molecular formula is C12H24N2O2. The molecule has 1 unspecified atom stereocenters. The summed E-state index contributed by atoms with van der Waals surface area (Å²) in [5.74, 6) is 0.132. The van der Waals surface area contributed by atoms with E-state index in [2.05, 4.69) is 0 Å². The fourth-order valence-corrected chi connectivity index (χ4v) is 1.96. The van der Waals surface area contributed by atoms with Gasteiger partial charge in [-0.05, 0) is 33.1 Å². The van der Waals surface area contributed by atoms with Gasteiger partial charge in [0, 0.05) is 19.6 Å². The molecule has 0 aromatic rings. The molecule has 3 N–H and O–H groups in total. The number of piperidine rings is 1. The van der Waals surface area contributed by atoms with E-state index >= 15 is 0 Å². The highest BCUT2D eigenvalue weighted by atomic mass is 16.3. The van der Waals surface area contributed by atoms with Crippen molar-refractivity contribution in [2.75, 3.05) is 19.6 Å². The van der Waals surface area contributed by atoms with Crippen LogP contribution in [-0.4, -0.2) is 41.1 Å². The van der Waals surface area contributed by atoms with E-state index in [0.717, 1.165) is 6.42 Å². The van der Waals surface area contributed by atoms with Gasteiger partial charge in [-0.2, -0.15) is 0 Å². The number of nitrogens with zero attached hydrogens (tertiary/aromatic N) is 1. The molecule has 0 radical (unpaired) electrons. The number of carbonyl (C=O) groups excluding carboxylic acids is 1. The molecule has 94 valence electrons. The highest BCUT2D eigenvalue weighted by molar-refractivity contribution is 5.82. The van der Waals surface area contributed by atoms with Gasteiger partial charge in [-0.15, -0.1) is 0 Å². The maximum absolute atomic E-state index is 12.3. The van der Waals surface area contributed by atoms with Gasteiger partial charge in [-0.1, -0.05) is 6.92 Å². The average molecular weight is 228 g/mol. The second-order valence-electron chi connectivity index (χ2n) is 5.41. The van der Waals surface area contributed by atoms with Crippen molar-refractivity contribution >= 4 is 5.91 Å². The Bertz CT molecular complexity index is 250. The van der Waals surface area contributed by atoms with Crippen LogP contribution in [0.5, 0.6) is 0 Å². The number of carbonyl (C=O) groups is 1. The van der Waals surface area contributed by atoms with Crippen molar-refractivity contribution in [2.45, 2.75) is 45.6 Å². The fraction of sp³-hybridized carbons (Fsp3) is 0.917. The maximum atomic E-state index is 12.3. The highest BCUT2D eigenvalue weighted by Gasteiger charge is 2.37. The van der Waals surface area contributed by atoms with Gasteiger partial charge in [0.05, 0.1) is 11.0 Å². The minimum atomic E-state index is -0.609. The summed E-state index contributed by atoms with van der Waals surface area (Å²) in [5.41, 5.74) is 4.63. The predicted molar refractivity (Wildman–Crippen MR) is 63.9 cm³/mol. The Hall–Kier alpha value is -0.610. The van der Waals surface area contributed by atoms with Crippen molar-refractivity contribution in [1.29, 1.82) is 0 Å². The van der Waals surface area contributed by atoms with Crippen LogP contribution in [-0.2, 0) is 4.79 Å². The first-order chi connectivity index (χ1) is 7.34. The normalized spacial score (nSPS) is 23.9. The third kappa shape index (κ3) is 2.74. The smallest absolute Gasteiger partial charge is 0.229 e. The van der Waals surface area contributed by atoms with Crippen molar-refractivity contribution in [2.24, 2.45) is 11.1 Å². The van der Waals surface area contributed by atoms with Crippen molar-refractivity contribution < 1.29 is 9.90 Å². The zero-order chi connectivity index (χ0) is 12.4. The molecular weight excluding hydrogens is 204 g/mol. The summed E-state index contributed by atoms with van der Waals surface area (Å²) in [7, 11) is 0. The zero-order valence-electron chi connectivity index (χ0n) is 10.6. The molecule has 16 heavy (non-hydrogen) atoms. The van der Waals surface area contributed by atoms with Crippen molar-refractivity contribution in [3.8, 4) is 0 Å². The van der Waals surface area contributed by atoms with E-state index in [4.69, 9.17) is 5.73 Å². The molecule has 1 aliphatic rings. The molecule has 0 saturated carbocycles. The van der Waals surface area contributed by atoms with Crippen LogP contribution in [0.1, 0.15) is 40.0 Å². The Labute approximate surface area is 97.8 Å². The first-order valence-corrected chi connectivity index (χ1v) is 6.06. The van der Waals surface area contributed by atoms with E-state index in [-0.39, 0.29) is 5.91 Å². The molecule has 1 atom stereocenters. The van der Waals surface area contributed by atoms with E-state index in [0.29, 0.717) is 32.5 Å². The van der Waals surface area contributed by atoms with E-state index in [1.807, 2.05) is 25.7 Å². The molecule has 4 nitrogen and oxygen atoms in total. The molecule has 1 amide bonds. The van der Waals surface area contributed by atoms with Crippen LogP contribution in [0.15, 0.2) is 0 Å². The van der Waals surface area contributed by atoms with Gasteiger partial charge in [0.15, 0.2) is 0 Å². The van der Waals surface area contributed by atoms with Gasteiger partial charge in [-0.3, -0.25) is 4.79 Å². The molecule has 1 rings (SSSR count). The Balaban J connectivity index is 2.63. The van der Waals surface area contributed by atoms with Gasteiger partial charge in [-0.25, -0.2) is 0 Å². The molecule has 4 heteroatoms.